The minimum atomic E-state index is -0.371. The number of nitrogens with one attached hydrogen (secondary N) is 2. The molecule has 0 atom stereocenters. The molecule has 1 amide bonds. The molecular weight excluding hydrogens is 374 g/mol. The highest BCUT2D eigenvalue weighted by molar-refractivity contribution is 9.10. The lowest BCUT2D eigenvalue weighted by atomic mass is 10.1. The number of ether oxygens (including phenoxy) is 1. The van der Waals surface area contributed by atoms with Crippen molar-refractivity contribution in [2.45, 2.75) is 6.54 Å². The van der Waals surface area contributed by atoms with E-state index in [0.29, 0.717) is 16.5 Å². The Morgan fingerprint density at radius 3 is 2.75 bits per heavy atom. The topological polar surface area (TPSA) is 84.1 Å². The first kappa shape index (κ1) is 16.2. The lowest BCUT2D eigenvalue weighted by molar-refractivity contribution is 0.0946. The molecule has 0 fully saturated rings. The van der Waals surface area contributed by atoms with E-state index < -0.39 is 0 Å². The van der Waals surface area contributed by atoms with Gasteiger partial charge in [-0.15, -0.1) is 0 Å². The number of fused-ring (bicyclic) bond motifs is 1. The van der Waals surface area contributed by atoms with Crippen molar-refractivity contribution in [3.8, 4) is 5.75 Å². The molecule has 0 aliphatic rings. The van der Waals surface area contributed by atoms with Crippen LogP contribution in [0.2, 0.25) is 0 Å². The Kier molecular flexibility index (Phi) is 4.61. The minimum absolute atomic E-state index is 0.180. The van der Waals surface area contributed by atoms with Crippen molar-refractivity contribution in [1.82, 2.24) is 15.5 Å². The third-order valence-electron chi connectivity index (χ3n) is 3.59. The highest BCUT2D eigenvalue weighted by Gasteiger charge is 2.14. The Hall–Kier alpha value is -2.67. The predicted molar refractivity (Wildman–Crippen MR) is 94.2 cm³/mol. The molecular formula is C17H14BrN3O3. The summed E-state index contributed by atoms with van der Waals surface area (Å²) in [5.74, 6) is 0.308. The van der Waals surface area contributed by atoms with Crippen LogP contribution in [0.3, 0.4) is 0 Å². The van der Waals surface area contributed by atoms with E-state index in [0.717, 1.165) is 10.0 Å². The second kappa shape index (κ2) is 6.84. The molecule has 24 heavy (non-hydrogen) atoms. The molecule has 0 radical (unpaired) electrons. The van der Waals surface area contributed by atoms with Gasteiger partial charge in [0.1, 0.15) is 5.75 Å². The minimum Gasteiger partial charge on any atom is -0.496 e. The molecule has 0 spiro atoms. The Labute approximate surface area is 146 Å². The van der Waals surface area contributed by atoms with Crippen molar-refractivity contribution in [2.75, 3.05) is 7.11 Å². The third-order valence-corrected chi connectivity index (χ3v) is 4.09. The van der Waals surface area contributed by atoms with E-state index in [-0.39, 0.29) is 23.7 Å². The first-order valence-corrected chi connectivity index (χ1v) is 7.97. The predicted octanol–water partition coefficient (Wildman–Crippen LogP) is 2.62. The summed E-state index contributed by atoms with van der Waals surface area (Å²) in [6.45, 7) is 0.274. The first-order valence-electron chi connectivity index (χ1n) is 7.18. The van der Waals surface area contributed by atoms with Crippen molar-refractivity contribution in [3.63, 3.8) is 0 Å². The number of aromatic nitrogens is 2. The van der Waals surface area contributed by atoms with Crippen molar-refractivity contribution < 1.29 is 9.53 Å². The van der Waals surface area contributed by atoms with E-state index >= 15 is 0 Å². The van der Waals surface area contributed by atoms with Crippen LogP contribution in [-0.2, 0) is 6.54 Å². The van der Waals surface area contributed by atoms with Gasteiger partial charge in [0.15, 0.2) is 5.69 Å². The summed E-state index contributed by atoms with van der Waals surface area (Å²) in [5.41, 5.74) is 0.684. The summed E-state index contributed by atoms with van der Waals surface area (Å²) in [7, 11) is 1.57. The van der Waals surface area contributed by atoms with Crippen LogP contribution >= 0.6 is 15.9 Å². The van der Waals surface area contributed by atoms with E-state index in [9.17, 15) is 9.59 Å². The molecule has 0 saturated carbocycles. The molecule has 0 saturated heterocycles. The van der Waals surface area contributed by atoms with Crippen LogP contribution in [0.25, 0.3) is 10.8 Å². The van der Waals surface area contributed by atoms with Gasteiger partial charge in [0.05, 0.1) is 12.5 Å². The molecule has 7 heteroatoms. The zero-order valence-electron chi connectivity index (χ0n) is 12.8. The number of carbonyl (C=O) groups excluding carboxylic acids is 1. The van der Waals surface area contributed by atoms with Gasteiger partial charge in [0.2, 0.25) is 0 Å². The number of hydrogen-bond acceptors (Lipinski definition) is 4. The van der Waals surface area contributed by atoms with Gasteiger partial charge < -0.3 is 10.1 Å². The second-order valence-electron chi connectivity index (χ2n) is 5.09. The number of methoxy groups -OCH3 is 1. The summed E-state index contributed by atoms with van der Waals surface area (Å²) in [6.07, 6.45) is 0. The van der Waals surface area contributed by atoms with Gasteiger partial charge in [0.25, 0.3) is 11.5 Å². The Morgan fingerprint density at radius 2 is 2.00 bits per heavy atom. The van der Waals surface area contributed by atoms with Gasteiger partial charge in [-0.25, -0.2) is 5.10 Å². The standard InChI is InChI=1S/C17H14BrN3O3/c1-24-14-7-6-11(18)8-10(14)9-19-17(23)15-12-4-2-3-5-13(12)16(22)21-20-15/h2-8H,9H2,1H3,(H,19,23)(H,21,22). The second-order valence-corrected chi connectivity index (χ2v) is 6.00. The van der Waals surface area contributed by atoms with E-state index in [2.05, 4.69) is 31.4 Å². The summed E-state index contributed by atoms with van der Waals surface area (Å²) in [6, 6.07) is 12.4. The molecule has 3 rings (SSSR count). The van der Waals surface area contributed by atoms with Crippen LogP contribution < -0.4 is 15.6 Å². The molecule has 3 aromatic rings. The number of benzene rings is 2. The third kappa shape index (κ3) is 3.16. The summed E-state index contributed by atoms with van der Waals surface area (Å²) >= 11 is 3.40. The SMILES string of the molecule is COc1ccc(Br)cc1CNC(=O)c1n[nH]c(=O)c2ccccc12. The number of H-pyrrole nitrogens is 1. The van der Waals surface area contributed by atoms with E-state index in [1.165, 1.54) is 0 Å². The summed E-state index contributed by atoms with van der Waals surface area (Å²) in [4.78, 5) is 24.3. The smallest absolute Gasteiger partial charge is 0.272 e. The van der Waals surface area contributed by atoms with Crippen LogP contribution in [-0.4, -0.2) is 23.2 Å². The zero-order valence-corrected chi connectivity index (χ0v) is 14.4. The number of nitrogens with zero attached hydrogens (tertiary/aromatic N) is 1. The van der Waals surface area contributed by atoms with Crippen molar-refractivity contribution in [2.24, 2.45) is 0 Å². The lowest BCUT2D eigenvalue weighted by Crippen LogP contribution is -2.26. The molecule has 1 aromatic heterocycles. The average molecular weight is 388 g/mol. The summed E-state index contributed by atoms with van der Waals surface area (Å²) < 4.78 is 6.18. The molecule has 2 N–H and O–H groups in total. The normalized spacial score (nSPS) is 10.6. The fourth-order valence-corrected chi connectivity index (χ4v) is 2.84. The number of rotatable bonds is 4. The molecule has 2 aromatic carbocycles. The largest absolute Gasteiger partial charge is 0.496 e. The van der Waals surface area contributed by atoms with Crippen LogP contribution in [0, 0.1) is 0 Å². The van der Waals surface area contributed by atoms with Gasteiger partial charge in [-0.2, -0.15) is 5.10 Å². The maximum atomic E-state index is 12.5. The number of aromatic amines is 1. The maximum absolute atomic E-state index is 12.5. The molecule has 0 aliphatic carbocycles. The fourth-order valence-electron chi connectivity index (χ4n) is 2.43. The molecule has 122 valence electrons. The quantitative estimate of drug-likeness (QED) is 0.720. The molecule has 1 heterocycles. The monoisotopic (exact) mass is 387 g/mol. The lowest BCUT2D eigenvalue weighted by Gasteiger charge is -2.10. The number of hydrogen-bond donors (Lipinski definition) is 2. The van der Waals surface area contributed by atoms with Gasteiger partial charge in [-0.1, -0.05) is 34.1 Å². The fraction of sp³-hybridized carbons (Fsp3) is 0.118. The molecule has 0 aliphatic heterocycles. The number of amides is 1. The molecule has 6 nitrogen and oxygen atoms in total. The van der Waals surface area contributed by atoms with Crippen molar-refractivity contribution >= 4 is 32.6 Å². The van der Waals surface area contributed by atoms with E-state index in [1.807, 2.05) is 18.2 Å². The Bertz CT molecular complexity index is 969. The molecule has 0 unspecified atom stereocenters. The van der Waals surface area contributed by atoms with Crippen molar-refractivity contribution in [1.29, 1.82) is 0 Å². The van der Waals surface area contributed by atoms with Gasteiger partial charge in [-0.05, 0) is 24.3 Å². The number of carbonyl (C=O) groups is 1. The Balaban J connectivity index is 1.88. The van der Waals surface area contributed by atoms with Crippen LogP contribution in [0.5, 0.6) is 5.75 Å². The van der Waals surface area contributed by atoms with E-state index in [1.54, 1.807) is 31.4 Å². The first-order chi connectivity index (χ1) is 11.6. The van der Waals surface area contributed by atoms with Gasteiger partial charge in [0, 0.05) is 22.0 Å². The molecule has 0 bridgehead atoms. The van der Waals surface area contributed by atoms with Gasteiger partial charge in [-0.3, -0.25) is 9.59 Å². The Morgan fingerprint density at radius 1 is 1.25 bits per heavy atom. The van der Waals surface area contributed by atoms with Gasteiger partial charge >= 0.3 is 0 Å². The number of halogens is 1. The highest BCUT2D eigenvalue weighted by Crippen LogP contribution is 2.23. The maximum Gasteiger partial charge on any atom is 0.272 e. The van der Waals surface area contributed by atoms with E-state index in [4.69, 9.17) is 4.74 Å². The van der Waals surface area contributed by atoms with Crippen molar-refractivity contribution in [3.05, 3.63) is 68.5 Å². The summed E-state index contributed by atoms with van der Waals surface area (Å²) in [5, 5.41) is 9.99. The van der Waals surface area contributed by atoms with Crippen LogP contribution in [0.4, 0.5) is 0 Å². The van der Waals surface area contributed by atoms with Crippen LogP contribution in [0.15, 0.2) is 51.7 Å². The van der Waals surface area contributed by atoms with Crippen LogP contribution in [0.1, 0.15) is 16.1 Å². The zero-order chi connectivity index (χ0) is 17.1. The average Bonchev–Trinajstić information content (AvgIpc) is 2.60. The highest BCUT2D eigenvalue weighted by atomic mass is 79.9.